The van der Waals surface area contributed by atoms with Crippen molar-refractivity contribution < 1.29 is 9.53 Å². The van der Waals surface area contributed by atoms with Crippen molar-refractivity contribution in [1.82, 2.24) is 0 Å². The minimum Gasteiger partial charge on any atom is -0.497 e. The number of ether oxygens (including phenoxy) is 1. The fraction of sp³-hybridized carbons (Fsp3) is 0.278. The van der Waals surface area contributed by atoms with Gasteiger partial charge in [0.05, 0.1) is 7.11 Å². The van der Waals surface area contributed by atoms with Crippen molar-refractivity contribution in [3.8, 4) is 5.75 Å². The Balaban J connectivity index is 1.82. The second-order valence-corrected chi connectivity index (χ2v) is 5.33. The summed E-state index contributed by atoms with van der Waals surface area (Å²) in [5.74, 6) is 0.754. The molecule has 0 unspecified atom stereocenters. The fourth-order valence-electron chi connectivity index (χ4n) is 2.87. The van der Waals surface area contributed by atoms with Gasteiger partial charge in [-0.1, -0.05) is 12.1 Å². The average molecular weight is 281 g/mol. The summed E-state index contributed by atoms with van der Waals surface area (Å²) in [6.45, 7) is 0. The van der Waals surface area contributed by atoms with Crippen LogP contribution >= 0.6 is 0 Å². The number of carbonyl (C=O) groups excluding carboxylic acids is 1. The minimum absolute atomic E-state index is 0.0288. The molecule has 0 aliphatic heterocycles. The lowest BCUT2D eigenvalue weighted by Gasteiger charge is -2.19. The van der Waals surface area contributed by atoms with E-state index in [1.165, 1.54) is 24.0 Å². The van der Waals surface area contributed by atoms with Gasteiger partial charge in [0, 0.05) is 11.3 Å². The maximum Gasteiger partial charge on any atom is 0.255 e. The highest BCUT2D eigenvalue weighted by atomic mass is 16.5. The Labute approximate surface area is 124 Å². The van der Waals surface area contributed by atoms with Gasteiger partial charge in [-0.15, -0.1) is 0 Å². The quantitative estimate of drug-likeness (QED) is 0.928. The van der Waals surface area contributed by atoms with Crippen molar-refractivity contribution in [1.29, 1.82) is 0 Å². The zero-order valence-corrected chi connectivity index (χ0v) is 12.2. The van der Waals surface area contributed by atoms with Crippen LogP contribution in [0.5, 0.6) is 5.75 Å². The molecule has 0 aromatic heterocycles. The molecule has 1 aliphatic rings. The predicted molar refractivity (Wildman–Crippen MR) is 84.0 cm³/mol. The van der Waals surface area contributed by atoms with E-state index < -0.39 is 0 Å². The van der Waals surface area contributed by atoms with Crippen LogP contribution in [-0.2, 0) is 12.8 Å². The first-order chi connectivity index (χ1) is 10.3. The number of nitrogens with one attached hydrogen (secondary N) is 1. The molecule has 0 atom stereocenters. The van der Waals surface area contributed by atoms with Crippen LogP contribution in [0.25, 0.3) is 0 Å². The van der Waals surface area contributed by atoms with Gasteiger partial charge in [-0.2, -0.15) is 0 Å². The third kappa shape index (κ3) is 2.92. The van der Waals surface area contributed by atoms with Crippen LogP contribution in [-0.4, -0.2) is 13.0 Å². The molecule has 3 heteroatoms. The van der Waals surface area contributed by atoms with E-state index in [2.05, 4.69) is 11.4 Å². The summed E-state index contributed by atoms with van der Waals surface area (Å²) in [5, 5.41) is 2.97. The number of amides is 1. The van der Waals surface area contributed by atoms with Crippen LogP contribution in [0.15, 0.2) is 42.5 Å². The number of hydrogen-bond acceptors (Lipinski definition) is 2. The van der Waals surface area contributed by atoms with Crippen molar-refractivity contribution in [2.45, 2.75) is 25.7 Å². The van der Waals surface area contributed by atoms with Crippen LogP contribution in [0.3, 0.4) is 0 Å². The van der Waals surface area contributed by atoms with Crippen molar-refractivity contribution in [3.63, 3.8) is 0 Å². The Kier molecular flexibility index (Phi) is 3.91. The molecular weight excluding hydrogens is 262 g/mol. The predicted octanol–water partition coefficient (Wildman–Crippen LogP) is 3.83. The number of methoxy groups -OCH3 is 1. The van der Waals surface area contributed by atoms with Gasteiger partial charge in [-0.25, -0.2) is 0 Å². The Morgan fingerprint density at radius 2 is 1.81 bits per heavy atom. The standard InChI is InChI=1S/C18H19NO2/c1-21-15-11-9-14(10-12-15)19-18(20)17-8-4-6-13-5-2-3-7-16(13)17/h4,6,8-12H,2-3,5,7H2,1H3,(H,19,20). The summed E-state index contributed by atoms with van der Waals surface area (Å²) in [6.07, 6.45) is 4.47. The van der Waals surface area contributed by atoms with E-state index in [9.17, 15) is 4.79 Å². The van der Waals surface area contributed by atoms with Crippen LogP contribution < -0.4 is 10.1 Å². The zero-order chi connectivity index (χ0) is 14.7. The summed E-state index contributed by atoms with van der Waals surface area (Å²) in [6, 6.07) is 13.4. The zero-order valence-electron chi connectivity index (χ0n) is 12.2. The molecule has 0 fully saturated rings. The molecule has 1 aliphatic carbocycles. The third-order valence-electron chi connectivity index (χ3n) is 3.99. The highest BCUT2D eigenvalue weighted by molar-refractivity contribution is 6.05. The summed E-state index contributed by atoms with van der Waals surface area (Å²) in [4.78, 5) is 12.5. The van der Waals surface area contributed by atoms with Crippen LogP contribution in [0, 0.1) is 0 Å². The molecule has 1 N–H and O–H groups in total. The Hall–Kier alpha value is -2.29. The third-order valence-corrected chi connectivity index (χ3v) is 3.99. The van der Waals surface area contributed by atoms with Crippen molar-refractivity contribution >= 4 is 11.6 Å². The SMILES string of the molecule is COc1ccc(NC(=O)c2cccc3c2CCCC3)cc1. The summed E-state index contributed by atoms with van der Waals surface area (Å²) in [7, 11) is 1.63. The number of carbonyl (C=O) groups is 1. The van der Waals surface area contributed by atoms with Gasteiger partial charge in [-0.05, 0) is 67.1 Å². The van der Waals surface area contributed by atoms with Gasteiger partial charge < -0.3 is 10.1 Å². The van der Waals surface area contributed by atoms with Crippen molar-refractivity contribution in [2.75, 3.05) is 12.4 Å². The molecule has 0 saturated heterocycles. The average Bonchev–Trinajstić information content (AvgIpc) is 2.55. The van der Waals surface area contributed by atoms with E-state index in [0.29, 0.717) is 0 Å². The highest BCUT2D eigenvalue weighted by Gasteiger charge is 2.17. The number of anilines is 1. The van der Waals surface area contributed by atoms with E-state index in [4.69, 9.17) is 4.74 Å². The first-order valence-electron chi connectivity index (χ1n) is 7.34. The molecule has 0 spiro atoms. The molecule has 0 radical (unpaired) electrons. The number of benzene rings is 2. The van der Waals surface area contributed by atoms with Gasteiger partial charge in [0.1, 0.15) is 5.75 Å². The van der Waals surface area contributed by atoms with E-state index in [1.54, 1.807) is 7.11 Å². The number of aryl methyl sites for hydroxylation is 1. The minimum atomic E-state index is -0.0288. The lowest BCUT2D eigenvalue weighted by molar-refractivity contribution is 0.102. The number of rotatable bonds is 3. The van der Waals surface area contributed by atoms with E-state index in [-0.39, 0.29) is 5.91 Å². The highest BCUT2D eigenvalue weighted by Crippen LogP contribution is 2.25. The molecule has 2 aromatic carbocycles. The summed E-state index contributed by atoms with van der Waals surface area (Å²) < 4.78 is 5.12. The van der Waals surface area contributed by atoms with Gasteiger partial charge in [0.15, 0.2) is 0 Å². The normalized spacial score (nSPS) is 13.4. The molecule has 3 nitrogen and oxygen atoms in total. The molecule has 108 valence electrons. The van der Waals surface area contributed by atoms with E-state index >= 15 is 0 Å². The maximum absolute atomic E-state index is 12.5. The molecule has 2 aromatic rings. The van der Waals surface area contributed by atoms with Crippen LogP contribution in [0.2, 0.25) is 0 Å². The molecular formula is C18H19NO2. The first kappa shape index (κ1) is 13.7. The van der Waals surface area contributed by atoms with Crippen LogP contribution in [0.4, 0.5) is 5.69 Å². The largest absolute Gasteiger partial charge is 0.497 e. The van der Waals surface area contributed by atoms with Crippen LogP contribution in [0.1, 0.15) is 34.3 Å². The fourth-order valence-corrected chi connectivity index (χ4v) is 2.87. The Morgan fingerprint density at radius 1 is 1.05 bits per heavy atom. The van der Waals surface area contributed by atoms with Gasteiger partial charge in [0.25, 0.3) is 5.91 Å². The number of hydrogen-bond donors (Lipinski definition) is 1. The topological polar surface area (TPSA) is 38.3 Å². The molecule has 1 amide bonds. The molecule has 0 heterocycles. The van der Waals surface area contributed by atoms with Crippen molar-refractivity contribution in [2.24, 2.45) is 0 Å². The first-order valence-corrected chi connectivity index (χ1v) is 7.34. The second-order valence-electron chi connectivity index (χ2n) is 5.33. The van der Waals surface area contributed by atoms with Gasteiger partial charge in [0.2, 0.25) is 0 Å². The van der Waals surface area contributed by atoms with E-state index in [1.807, 2.05) is 36.4 Å². The Bertz CT molecular complexity index is 647. The molecule has 0 bridgehead atoms. The van der Waals surface area contributed by atoms with Gasteiger partial charge in [-0.3, -0.25) is 4.79 Å². The Morgan fingerprint density at radius 3 is 2.57 bits per heavy atom. The smallest absolute Gasteiger partial charge is 0.255 e. The molecule has 3 rings (SSSR count). The summed E-state index contributed by atoms with van der Waals surface area (Å²) >= 11 is 0. The monoisotopic (exact) mass is 281 g/mol. The lowest BCUT2D eigenvalue weighted by Crippen LogP contribution is -2.17. The summed E-state index contributed by atoms with van der Waals surface area (Å²) in [5.41, 5.74) is 4.13. The second kappa shape index (κ2) is 6.00. The maximum atomic E-state index is 12.5. The van der Waals surface area contributed by atoms with Crippen molar-refractivity contribution in [3.05, 3.63) is 59.2 Å². The van der Waals surface area contributed by atoms with E-state index in [0.717, 1.165) is 29.8 Å². The molecule has 0 saturated carbocycles. The van der Waals surface area contributed by atoms with Gasteiger partial charge >= 0.3 is 0 Å². The molecule has 21 heavy (non-hydrogen) atoms. The number of fused-ring (bicyclic) bond motifs is 1. The lowest BCUT2D eigenvalue weighted by atomic mass is 9.88.